The molecule has 104 valence electrons. The van der Waals surface area contributed by atoms with Gasteiger partial charge in [-0.3, -0.25) is 0 Å². The molecule has 0 radical (unpaired) electrons. The van der Waals surface area contributed by atoms with Crippen molar-refractivity contribution in [2.75, 3.05) is 13.1 Å². The molecule has 1 aliphatic carbocycles. The van der Waals surface area contributed by atoms with E-state index in [9.17, 15) is 9.50 Å². The van der Waals surface area contributed by atoms with E-state index in [1.165, 1.54) is 43.4 Å². The maximum absolute atomic E-state index is 12.8. The molecule has 0 fully saturated rings. The van der Waals surface area contributed by atoms with Gasteiger partial charge in [0, 0.05) is 6.54 Å². The fourth-order valence-corrected chi connectivity index (χ4v) is 2.42. The molecular weight excluding hydrogens is 241 g/mol. The predicted molar refractivity (Wildman–Crippen MR) is 75.4 cm³/mol. The lowest BCUT2D eigenvalue weighted by atomic mass is 9.97. The van der Waals surface area contributed by atoms with Crippen LogP contribution in [0.25, 0.3) is 0 Å². The highest BCUT2D eigenvalue weighted by Gasteiger charge is 2.07. The van der Waals surface area contributed by atoms with Crippen LogP contribution in [0.3, 0.4) is 0 Å². The van der Waals surface area contributed by atoms with Gasteiger partial charge in [0.25, 0.3) is 0 Å². The Morgan fingerprint density at radius 2 is 2.00 bits per heavy atom. The summed E-state index contributed by atoms with van der Waals surface area (Å²) in [6, 6.07) is 6.02. The van der Waals surface area contributed by atoms with Crippen molar-refractivity contribution in [3.63, 3.8) is 0 Å². The molecule has 1 unspecified atom stereocenters. The van der Waals surface area contributed by atoms with Crippen LogP contribution in [0.4, 0.5) is 4.39 Å². The summed E-state index contributed by atoms with van der Waals surface area (Å²) in [7, 11) is 0. The molecule has 19 heavy (non-hydrogen) atoms. The van der Waals surface area contributed by atoms with Gasteiger partial charge in [-0.2, -0.15) is 0 Å². The van der Waals surface area contributed by atoms with Gasteiger partial charge in [-0.25, -0.2) is 4.39 Å². The summed E-state index contributed by atoms with van der Waals surface area (Å²) in [5, 5.41) is 13.2. The van der Waals surface area contributed by atoms with Gasteiger partial charge in [0.2, 0.25) is 0 Å². The van der Waals surface area contributed by atoms with Gasteiger partial charge in [0.15, 0.2) is 0 Å². The minimum atomic E-state index is -0.569. The van der Waals surface area contributed by atoms with E-state index in [0.717, 1.165) is 18.5 Å². The molecule has 0 amide bonds. The van der Waals surface area contributed by atoms with Gasteiger partial charge in [-0.1, -0.05) is 23.8 Å². The number of aliphatic hydroxyl groups excluding tert-OH is 1. The van der Waals surface area contributed by atoms with E-state index in [1.807, 2.05) is 0 Å². The normalized spacial score (nSPS) is 17.1. The number of allylic oxidation sites excluding steroid dienone is 1. The van der Waals surface area contributed by atoms with Crippen LogP contribution in [-0.4, -0.2) is 18.2 Å². The molecule has 0 saturated heterocycles. The highest BCUT2D eigenvalue weighted by atomic mass is 19.1. The summed E-state index contributed by atoms with van der Waals surface area (Å²) < 4.78 is 12.8. The van der Waals surface area contributed by atoms with E-state index < -0.39 is 6.10 Å². The van der Waals surface area contributed by atoms with Crippen molar-refractivity contribution in [3.8, 4) is 0 Å². The van der Waals surface area contributed by atoms with Gasteiger partial charge < -0.3 is 10.4 Å². The maximum Gasteiger partial charge on any atom is 0.123 e. The fourth-order valence-electron chi connectivity index (χ4n) is 2.42. The van der Waals surface area contributed by atoms with Crippen molar-refractivity contribution < 1.29 is 9.50 Å². The van der Waals surface area contributed by atoms with E-state index in [-0.39, 0.29) is 5.82 Å². The summed E-state index contributed by atoms with van der Waals surface area (Å²) in [5.41, 5.74) is 2.29. The first-order chi connectivity index (χ1) is 9.25. The highest BCUT2D eigenvalue weighted by Crippen LogP contribution is 2.19. The van der Waals surface area contributed by atoms with Crippen LogP contribution in [-0.2, 0) is 0 Å². The maximum atomic E-state index is 12.8. The van der Waals surface area contributed by atoms with Crippen molar-refractivity contribution in [2.24, 2.45) is 0 Å². The number of rotatable bonds is 6. The third-order valence-corrected chi connectivity index (χ3v) is 3.60. The third-order valence-electron chi connectivity index (χ3n) is 3.60. The second-order valence-electron chi connectivity index (χ2n) is 5.13. The Labute approximate surface area is 114 Å². The molecule has 1 aromatic carbocycles. The van der Waals surface area contributed by atoms with Crippen LogP contribution < -0.4 is 5.32 Å². The summed E-state index contributed by atoms with van der Waals surface area (Å²) in [5.74, 6) is -0.270. The quantitative estimate of drug-likeness (QED) is 0.609. The predicted octanol–water partition coefficient (Wildman–Crippen LogP) is 3.34. The largest absolute Gasteiger partial charge is 0.387 e. The minimum Gasteiger partial charge on any atom is -0.387 e. The second kappa shape index (κ2) is 7.41. The van der Waals surface area contributed by atoms with Crippen LogP contribution in [0.5, 0.6) is 0 Å². The number of nitrogens with one attached hydrogen (secondary N) is 1. The first kappa shape index (κ1) is 14.2. The van der Waals surface area contributed by atoms with E-state index >= 15 is 0 Å². The molecule has 0 spiro atoms. The first-order valence-corrected chi connectivity index (χ1v) is 7.08. The summed E-state index contributed by atoms with van der Waals surface area (Å²) in [6.45, 7) is 1.41. The Kier molecular flexibility index (Phi) is 5.55. The minimum absolute atomic E-state index is 0.270. The zero-order valence-electron chi connectivity index (χ0n) is 11.2. The molecular formula is C16H22FNO. The molecule has 2 nitrogen and oxygen atoms in total. The van der Waals surface area contributed by atoms with E-state index in [2.05, 4.69) is 11.4 Å². The van der Waals surface area contributed by atoms with Crippen molar-refractivity contribution in [2.45, 2.75) is 38.2 Å². The SMILES string of the molecule is OC(CNCCC1=CCCCC1)c1ccc(F)cc1. The van der Waals surface area contributed by atoms with Crippen molar-refractivity contribution in [3.05, 3.63) is 47.3 Å². The van der Waals surface area contributed by atoms with Crippen molar-refractivity contribution in [1.29, 1.82) is 0 Å². The Hall–Kier alpha value is -1.19. The van der Waals surface area contributed by atoms with Crippen LogP contribution in [0, 0.1) is 5.82 Å². The lowest BCUT2D eigenvalue weighted by Crippen LogP contribution is -2.23. The summed E-state index contributed by atoms with van der Waals surface area (Å²) in [4.78, 5) is 0. The molecule has 1 atom stereocenters. The molecule has 0 aromatic heterocycles. The van der Waals surface area contributed by atoms with Gasteiger partial charge in [-0.05, 0) is 56.3 Å². The third kappa shape index (κ3) is 4.77. The van der Waals surface area contributed by atoms with Gasteiger partial charge in [-0.15, -0.1) is 0 Å². The lowest BCUT2D eigenvalue weighted by molar-refractivity contribution is 0.175. The zero-order chi connectivity index (χ0) is 13.5. The Balaban J connectivity index is 1.67. The lowest BCUT2D eigenvalue weighted by Gasteiger charge is -2.15. The Morgan fingerprint density at radius 3 is 2.68 bits per heavy atom. The summed E-state index contributed by atoms with van der Waals surface area (Å²) >= 11 is 0. The highest BCUT2D eigenvalue weighted by molar-refractivity contribution is 5.18. The molecule has 1 aliphatic rings. The molecule has 1 aromatic rings. The zero-order valence-corrected chi connectivity index (χ0v) is 11.2. The van der Waals surface area contributed by atoms with Gasteiger partial charge in [0.1, 0.15) is 5.82 Å². The number of hydrogen-bond donors (Lipinski definition) is 2. The van der Waals surface area contributed by atoms with Gasteiger partial charge in [0.05, 0.1) is 6.10 Å². The average Bonchev–Trinajstić information content (AvgIpc) is 2.45. The monoisotopic (exact) mass is 263 g/mol. The number of hydrogen-bond acceptors (Lipinski definition) is 2. The second-order valence-corrected chi connectivity index (χ2v) is 5.13. The number of halogens is 1. The van der Waals surface area contributed by atoms with Crippen LogP contribution in [0.1, 0.15) is 43.8 Å². The van der Waals surface area contributed by atoms with Crippen LogP contribution >= 0.6 is 0 Å². The van der Waals surface area contributed by atoms with Crippen molar-refractivity contribution >= 4 is 0 Å². The summed E-state index contributed by atoms with van der Waals surface area (Å²) in [6.07, 6.45) is 7.92. The number of benzene rings is 1. The standard InChI is InChI=1S/C16H22FNO/c17-15-8-6-14(7-9-15)16(19)12-18-11-10-13-4-2-1-3-5-13/h4,6-9,16,18-19H,1-3,5,10-12H2. The molecule has 0 aliphatic heterocycles. The molecule has 2 rings (SSSR count). The molecule has 2 N–H and O–H groups in total. The number of aliphatic hydroxyl groups is 1. The van der Waals surface area contributed by atoms with E-state index in [0.29, 0.717) is 6.54 Å². The molecule has 0 heterocycles. The molecule has 0 saturated carbocycles. The van der Waals surface area contributed by atoms with E-state index in [4.69, 9.17) is 0 Å². The van der Waals surface area contributed by atoms with E-state index in [1.54, 1.807) is 12.1 Å². The van der Waals surface area contributed by atoms with Crippen LogP contribution in [0.15, 0.2) is 35.9 Å². The van der Waals surface area contributed by atoms with Gasteiger partial charge >= 0.3 is 0 Å². The Bertz CT molecular complexity index is 413. The average molecular weight is 263 g/mol. The molecule has 0 bridgehead atoms. The Morgan fingerprint density at radius 1 is 1.21 bits per heavy atom. The topological polar surface area (TPSA) is 32.3 Å². The fraction of sp³-hybridized carbons (Fsp3) is 0.500. The van der Waals surface area contributed by atoms with Crippen molar-refractivity contribution in [1.82, 2.24) is 5.32 Å². The first-order valence-electron chi connectivity index (χ1n) is 7.08. The molecule has 3 heteroatoms. The van der Waals surface area contributed by atoms with Crippen LogP contribution in [0.2, 0.25) is 0 Å². The smallest absolute Gasteiger partial charge is 0.123 e.